The zero-order valence-electron chi connectivity index (χ0n) is 17.8. The van der Waals surface area contributed by atoms with Gasteiger partial charge in [0.1, 0.15) is 29.3 Å². The van der Waals surface area contributed by atoms with Gasteiger partial charge in [-0.15, -0.1) is 0 Å². The summed E-state index contributed by atoms with van der Waals surface area (Å²) in [7, 11) is 0. The van der Waals surface area contributed by atoms with Gasteiger partial charge in [-0.2, -0.15) is 13.2 Å². The SMILES string of the molecule is N=C(/C=C(\NCc1ccccc1F)c1ccon1)c1nccc(NCC(O)(C(N)=O)C(F)(F)F)n1. The maximum atomic E-state index is 14.0. The Bertz CT molecular complexity index is 1230. The number of amides is 1. The molecule has 0 aliphatic rings. The van der Waals surface area contributed by atoms with Crippen LogP contribution in [0.2, 0.25) is 0 Å². The van der Waals surface area contributed by atoms with Crippen molar-refractivity contribution in [3.63, 3.8) is 0 Å². The average Bonchev–Trinajstić information content (AvgIpc) is 3.35. The Hall–Kier alpha value is -4.33. The van der Waals surface area contributed by atoms with Gasteiger partial charge in [0.15, 0.2) is 5.82 Å². The number of nitrogens with one attached hydrogen (secondary N) is 3. The van der Waals surface area contributed by atoms with E-state index in [1.165, 1.54) is 30.5 Å². The zero-order valence-corrected chi connectivity index (χ0v) is 17.8. The van der Waals surface area contributed by atoms with Crippen molar-refractivity contribution in [2.75, 3.05) is 11.9 Å². The third-order valence-electron chi connectivity index (χ3n) is 4.73. The van der Waals surface area contributed by atoms with E-state index in [4.69, 9.17) is 15.7 Å². The van der Waals surface area contributed by atoms with Crippen LogP contribution in [0.4, 0.5) is 23.4 Å². The van der Waals surface area contributed by atoms with Gasteiger partial charge in [0.25, 0.3) is 11.5 Å². The van der Waals surface area contributed by atoms with Crippen LogP contribution < -0.4 is 16.4 Å². The fraction of sp³-hybridized carbons (Fsp3) is 0.190. The molecule has 1 unspecified atom stereocenters. The molecule has 6 N–H and O–H groups in total. The number of anilines is 1. The number of nitrogens with two attached hydrogens (primary N) is 1. The lowest BCUT2D eigenvalue weighted by Gasteiger charge is -2.27. The number of carbonyl (C=O) groups is 1. The van der Waals surface area contributed by atoms with E-state index < -0.39 is 30.0 Å². The lowest BCUT2D eigenvalue weighted by atomic mass is 10.0. The standard InChI is InChI=1S/C21H19F4N7O3/c22-13-4-2-1-3-12(13)10-29-16(15-6-8-35-32-15)9-14(26)18-28-7-5-17(31-18)30-11-20(34,19(27)33)21(23,24)25/h1-9,26,29,34H,10-11H2,(H2,27,33)(H,28,30,31)/b16-9-,26-14?. The van der Waals surface area contributed by atoms with Crippen LogP contribution >= 0.6 is 0 Å². The van der Waals surface area contributed by atoms with Crippen molar-refractivity contribution in [3.05, 3.63) is 77.8 Å². The number of benzene rings is 1. The van der Waals surface area contributed by atoms with Gasteiger partial charge in [-0.3, -0.25) is 10.2 Å². The second-order valence-corrected chi connectivity index (χ2v) is 7.14. The summed E-state index contributed by atoms with van der Waals surface area (Å²) in [4.78, 5) is 19.0. The Balaban J connectivity index is 1.80. The summed E-state index contributed by atoms with van der Waals surface area (Å²) in [6.45, 7) is -1.26. The van der Waals surface area contributed by atoms with E-state index in [0.717, 1.165) is 6.20 Å². The molecule has 184 valence electrons. The Labute approximate surface area is 195 Å². The number of nitrogens with zero attached hydrogens (tertiary/aromatic N) is 3. The van der Waals surface area contributed by atoms with Crippen molar-refractivity contribution in [2.24, 2.45) is 5.73 Å². The molecule has 3 rings (SSSR count). The summed E-state index contributed by atoms with van der Waals surface area (Å²) in [5, 5.41) is 26.9. The third-order valence-corrected chi connectivity index (χ3v) is 4.73. The molecule has 0 bridgehead atoms. The summed E-state index contributed by atoms with van der Waals surface area (Å²) in [6, 6.07) is 8.73. The summed E-state index contributed by atoms with van der Waals surface area (Å²) < 4.78 is 57.9. The van der Waals surface area contributed by atoms with Gasteiger partial charge in [-0.25, -0.2) is 14.4 Å². The molecule has 2 aromatic heterocycles. The van der Waals surface area contributed by atoms with Gasteiger partial charge in [-0.1, -0.05) is 23.4 Å². The average molecular weight is 493 g/mol. The number of primary amides is 1. The number of aliphatic hydroxyl groups is 1. The Morgan fingerprint density at radius 3 is 2.60 bits per heavy atom. The minimum absolute atomic E-state index is 0.0459. The summed E-state index contributed by atoms with van der Waals surface area (Å²) >= 11 is 0. The van der Waals surface area contributed by atoms with Crippen molar-refractivity contribution < 1.29 is 32.0 Å². The minimum Gasteiger partial charge on any atom is -0.379 e. The topological polar surface area (TPSA) is 163 Å². The first-order chi connectivity index (χ1) is 16.5. The number of alkyl halides is 3. The summed E-state index contributed by atoms with van der Waals surface area (Å²) in [5.74, 6) is -2.84. The van der Waals surface area contributed by atoms with E-state index in [1.54, 1.807) is 18.2 Å². The van der Waals surface area contributed by atoms with Crippen LogP contribution in [0.1, 0.15) is 17.1 Å². The third kappa shape index (κ3) is 5.97. The van der Waals surface area contributed by atoms with Crippen LogP contribution in [-0.4, -0.2) is 50.2 Å². The normalized spacial score (nSPS) is 13.7. The van der Waals surface area contributed by atoms with Crippen molar-refractivity contribution in [1.82, 2.24) is 20.4 Å². The number of hydrogen-bond donors (Lipinski definition) is 5. The smallest absolute Gasteiger partial charge is 0.379 e. The van der Waals surface area contributed by atoms with Crippen molar-refractivity contribution in [2.45, 2.75) is 18.3 Å². The number of aromatic nitrogens is 3. The first-order valence-corrected chi connectivity index (χ1v) is 9.86. The monoisotopic (exact) mass is 493 g/mol. The Morgan fingerprint density at radius 2 is 1.97 bits per heavy atom. The van der Waals surface area contributed by atoms with Crippen molar-refractivity contribution in [3.8, 4) is 0 Å². The molecule has 35 heavy (non-hydrogen) atoms. The van der Waals surface area contributed by atoms with Gasteiger partial charge in [0.05, 0.1) is 12.2 Å². The summed E-state index contributed by atoms with van der Waals surface area (Å²) in [5.41, 5.74) is 1.50. The van der Waals surface area contributed by atoms with E-state index in [9.17, 15) is 27.5 Å². The maximum absolute atomic E-state index is 14.0. The highest BCUT2D eigenvalue weighted by Gasteiger charge is 2.58. The van der Waals surface area contributed by atoms with Crippen LogP contribution in [0.15, 0.2) is 59.5 Å². The van der Waals surface area contributed by atoms with Crippen molar-refractivity contribution >= 4 is 23.1 Å². The number of halogens is 4. The molecule has 3 aromatic rings. The van der Waals surface area contributed by atoms with E-state index in [2.05, 4.69) is 25.8 Å². The quantitative estimate of drug-likeness (QED) is 0.211. The highest BCUT2D eigenvalue weighted by Crippen LogP contribution is 2.30. The second-order valence-electron chi connectivity index (χ2n) is 7.14. The predicted octanol–water partition coefficient (Wildman–Crippen LogP) is 1.99. The molecule has 0 fully saturated rings. The molecular formula is C21H19F4N7O3. The highest BCUT2D eigenvalue weighted by molar-refractivity contribution is 6.07. The number of rotatable bonds is 10. The predicted molar refractivity (Wildman–Crippen MR) is 115 cm³/mol. The molecule has 0 aliphatic carbocycles. The van der Waals surface area contributed by atoms with Crippen LogP contribution in [0.3, 0.4) is 0 Å². The van der Waals surface area contributed by atoms with Crippen LogP contribution in [-0.2, 0) is 11.3 Å². The minimum atomic E-state index is -5.33. The second kappa shape index (κ2) is 10.3. The lowest BCUT2D eigenvalue weighted by molar-refractivity contribution is -0.245. The molecule has 14 heteroatoms. The largest absolute Gasteiger partial charge is 0.428 e. The van der Waals surface area contributed by atoms with Gasteiger partial charge >= 0.3 is 6.18 Å². The highest BCUT2D eigenvalue weighted by atomic mass is 19.4. The van der Waals surface area contributed by atoms with Crippen molar-refractivity contribution in [1.29, 1.82) is 5.41 Å². The van der Waals surface area contributed by atoms with Crippen LogP contribution in [0.5, 0.6) is 0 Å². The van der Waals surface area contributed by atoms with Gasteiger partial charge in [-0.05, 0) is 18.2 Å². The maximum Gasteiger partial charge on any atom is 0.428 e. The van der Waals surface area contributed by atoms with Crippen LogP contribution in [0, 0.1) is 11.2 Å². The van der Waals surface area contributed by atoms with E-state index >= 15 is 0 Å². The molecule has 10 nitrogen and oxygen atoms in total. The van der Waals surface area contributed by atoms with Crippen LogP contribution in [0.25, 0.3) is 5.70 Å². The molecule has 2 heterocycles. The molecule has 0 saturated heterocycles. The summed E-state index contributed by atoms with van der Waals surface area (Å²) in [6.07, 6.45) is -1.60. The zero-order chi connectivity index (χ0) is 25.6. The first kappa shape index (κ1) is 25.3. The fourth-order valence-electron chi connectivity index (χ4n) is 2.74. The molecule has 1 aromatic carbocycles. The number of carbonyl (C=O) groups excluding carboxylic acids is 1. The Kier molecular flexibility index (Phi) is 7.44. The fourth-order valence-corrected chi connectivity index (χ4v) is 2.74. The van der Waals surface area contributed by atoms with E-state index in [0.29, 0.717) is 5.56 Å². The molecule has 0 aliphatic heterocycles. The number of hydrogen-bond acceptors (Lipinski definition) is 9. The molecule has 0 spiro atoms. The van der Waals surface area contributed by atoms with Gasteiger partial charge < -0.3 is 26.0 Å². The molecular weight excluding hydrogens is 474 g/mol. The van der Waals surface area contributed by atoms with E-state index in [-0.39, 0.29) is 35.3 Å². The first-order valence-electron chi connectivity index (χ1n) is 9.86. The lowest BCUT2D eigenvalue weighted by Crippen LogP contribution is -2.59. The molecule has 0 radical (unpaired) electrons. The van der Waals surface area contributed by atoms with E-state index in [1.807, 2.05) is 0 Å². The number of allylic oxidation sites excluding steroid dienone is 1. The Morgan fingerprint density at radius 1 is 1.23 bits per heavy atom. The molecule has 1 atom stereocenters. The molecule has 1 amide bonds. The van der Waals surface area contributed by atoms with Gasteiger partial charge in [0.2, 0.25) is 0 Å². The molecule has 0 saturated carbocycles. The van der Waals surface area contributed by atoms with Gasteiger partial charge in [0, 0.05) is 24.4 Å².